The summed E-state index contributed by atoms with van der Waals surface area (Å²) in [6.45, 7) is 9.47. The number of carbonyl (C=O) groups is 1. The van der Waals surface area contributed by atoms with Gasteiger partial charge in [0.05, 0.1) is 6.54 Å². The predicted molar refractivity (Wildman–Crippen MR) is 79.5 cm³/mol. The molecule has 6 nitrogen and oxygen atoms in total. The van der Waals surface area contributed by atoms with E-state index in [9.17, 15) is 4.79 Å². The van der Waals surface area contributed by atoms with Gasteiger partial charge in [0.2, 0.25) is 0 Å². The van der Waals surface area contributed by atoms with Crippen LogP contribution in [0.5, 0.6) is 0 Å². The molecule has 1 unspecified atom stereocenters. The van der Waals surface area contributed by atoms with E-state index >= 15 is 0 Å². The zero-order valence-corrected chi connectivity index (χ0v) is 12.1. The molecule has 3 rings (SSSR count). The standard InChI is InChI=1S/C14H12N4O2S/c1-3-11-8-18(14(19)20-11)10-6-4-9(5-7-10)12-16-17-13(15-2)21-12/h4-7,11H,3,8H2,1H3. The first-order valence-electron chi connectivity index (χ1n) is 6.51. The van der Waals surface area contributed by atoms with Gasteiger partial charge in [0, 0.05) is 16.3 Å². The number of ether oxygens (including phenoxy) is 1. The Kier molecular flexibility index (Phi) is 3.54. The molecule has 0 saturated carbocycles. The first kappa shape index (κ1) is 13.5. The van der Waals surface area contributed by atoms with E-state index in [1.807, 2.05) is 31.2 Å². The van der Waals surface area contributed by atoms with Gasteiger partial charge in [-0.25, -0.2) is 4.79 Å². The van der Waals surface area contributed by atoms with E-state index in [0.717, 1.165) is 17.7 Å². The average molecular weight is 300 g/mol. The topological polar surface area (TPSA) is 59.7 Å². The van der Waals surface area contributed by atoms with E-state index in [2.05, 4.69) is 15.0 Å². The third-order valence-electron chi connectivity index (χ3n) is 3.27. The van der Waals surface area contributed by atoms with Crippen LogP contribution >= 0.6 is 11.3 Å². The van der Waals surface area contributed by atoms with Crippen LogP contribution in [-0.2, 0) is 4.74 Å². The van der Waals surface area contributed by atoms with E-state index in [1.54, 1.807) is 4.90 Å². The summed E-state index contributed by atoms with van der Waals surface area (Å²) in [7, 11) is 0. The molecule has 1 amide bonds. The largest absolute Gasteiger partial charge is 0.444 e. The summed E-state index contributed by atoms with van der Waals surface area (Å²) in [5.74, 6) is 0. The summed E-state index contributed by atoms with van der Waals surface area (Å²) in [6.07, 6.45) is 0.465. The summed E-state index contributed by atoms with van der Waals surface area (Å²) in [4.78, 5) is 16.7. The number of rotatable bonds is 3. The highest BCUT2D eigenvalue weighted by Crippen LogP contribution is 2.30. The van der Waals surface area contributed by atoms with Gasteiger partial charge in [-0.2, -0.15) is 0 Å². The first-order valence-corrected chi connectivity index (χ1v) is 7.32. The Hall–Kier alpha value is -2.46. The number of nitrogens with zero attached hydrogens (tertiary/aromatic N) is 4. The van der Waals surface area contributed by atoms with Crippen molar-refractivity contribution >= 4 is 28.2 Å². The zero-order valence-electron chi connectivity index (χ0n) is 11.3. The molecule has 0 aliphatic carbocycles. The molecule has 106 valence electrons. The first-order chi connectivity index (χ1) is 10.2. The molecule has 1 saturated heterocycles. The van der Waals surface area contributed by atoms with E-state index < -0.39 is 0 Å². The molecule has 0 radical (unpaired) electrons. The molecule has 1 aliphatic heterocycles. The Morgan fingerprint density at radius 3 is 2.76 bits per heavy atom. The molecule has 7 heteroatoms. The Labute approximate surface area is 125 Å². The Morgan fingerprint density at radius 2 is 2.19 bits per heavy atom. The van der Waals surface area contributed by atoms with Gasteiger partial charge >= 0.3 is 11.2 Å². The van der Waals surface area contributed by atoms with Gasteiger partial charge in [0.25, 0.3) is 0 Å². The molecule has 2 heterocycles. The van der Waals surface area contributed by atoms with Crippen molar-refractivity contribution in [2.24, 2.45) is 0 Å². The predicted octanol–water partition coefficient (Wildman–Crippen LogP) is 3.49. The lowest BCUT2D eigenvalue weighted by Crippen LogP contribution is -2.24. The molecule has 2 aromatic rings. The van der Waals surface area contributed by atoms with Gasteiger partial charge in [-0.1, -0.05) is 13.5 Å². The van der Waals surface area contributed by atoms with Crippen molar-refractivity contribution in [3.63, 3.8) is 0 Å². The smallest absolute Gasteiger partial charge is 0.414 e. The fraction of sp³-hybridized carbons (Fsp3) is 0.286. The maximum atomic E-state index is 11.8. The van der Waals surface area contributed by atoms with Gasteiger partial charge < -0.3 is 9.58 Å². The third-order valence-corrected chi connectivity index (χ3v) is 4.13. The van der Waals surface area contributed by atoms with Crippen LogP contribution in [0.25, 0.3) is 15.4 Å². The highest BCUT2D eigenvalue weighted by molar-refractivity contribution is 7.18. The van der Waals surface area contributed by atoms with E-state index in [-0.39, 0.29) is 12.2 Å². The lowest BCUT2D eigenvalue weighted by Gasteiger charge is -2.12. The molecule has 1 fully saturated rings. The van der Waals surface area contributed by atoms with E-state index in [0.29, 0.717) is 16.7 Å². The monoisotopic (exact) mass is 300 g/mol. The van der Waals surface area contributed by atoms with Crippen molar-refractivity contribution in [1.29, 1.82) is 0 Å². The number of cyclic esters (lactones) is 1. The van der Waals surface area contributed by atoms with Crippen molar-refractivity contribution in [3.05, 3.63) is 35.7 Å². The fourth-order valence-corrected chi connectivity index (χ4v) is 2.74. The molecule has 1 aromatic heterocycles. The van der Waals surface area contributed by atoms with Gasteiger partial charge in [0.15, 0.2) is 5.01 Å². The molecule has 0 bridgehead atoms. The van der Waals surface area contributed by atoms with Crippen molar-refractivity contribution in [2.75, 3.05) is 11.4 Å². The van der Waals surface area contributed by atoms with Crippen molar-refractivity contribution < 1.29 is 9.53 Å². The maximum Gasteiger partial charge on any atom is 0.414 e. The molecule has 1 aliphatic rings. The van der Waals surface area contributed by atoms with Crippen LogP contribution < -0.4 is 4.90 Å². The van der Waals surface area contributed by atoms with Gasteiger partial charge in [0.1, 0.15) is 6.10 Å². The number of amides is 1. The summed E-state index contributed by atoms with van der Waals surface area (Å²) in [5, 5.41) is 8.77. The number of aromatic nitrogens is 2. The fourth-order valence-electron chi connectivity index (χ4n) is 2.11. The van der Waals surface area contributed by atoms with E-state index in [4.69, 9.17) is 11.3 Å². The lowest BCUT2D eigenvalue weighted by molar-refractivity contribution is 0.139. The molecule has 0 N–H and O–H groups in total. The Morgan fingerprint density at radius 1 is 1.43 bits per heavy atom. The molecule has 21 heavy (non-hydrogen) atoms. The summed E-state index contributed by atoms with van der Waals surface area (Å²) >= 11 is 1.25. The quantitative estimate of drug-likeness (QED) is 0.814. The number of hydrogen-bond acceptors (Lipinski definition) is 5. The van der Waals surface area contributed by atoms with E-state index in [1.165, 1.54) is 11.3 Å². The minimum atomic E-state index is -0.305. The number of anilines is 1. The minimum absolute atomic E-state index is 0.0402. The highest BCUT2D eigenvalue weighted by atomic mass is 32.1. The zero-order chi connectivity index (χ0) is 14.8. The minimum Gasteiger partial charge on any atom is -0.444 e. The van der Waals surface area contributed by atoms with Gasteiger partial charge in [-0.15, -0.1) is 11.3 Å². The summed E-state index contributed by atoms with van der Waals surface area (Å²) in [6, 6.07) is 7.45. The molecular formula is C14H12N4O2S. The van der Waals surface area contributed by atoms with Crippen LogP contribution in [0.1, 0.15) is 13.3 Å². The van der Waals surface area contributed by atoms with Crippen molar-refractivity contribution in [3.8, 4) is 10.6 Å². The van der Waals surface area contributed by atoms with Crippen molar-refractivity contribution in [1.82, 2.24) is 10.2 Å². The average Bonchev–Trinajstić information content (AvgIpc) is 3.13. The third kappa shape index (κ3) is 2.58. The number of hydrogen-bond donors (Lipinski definition) is 0. The van der Waals surface area contributed by atoms with Crippen LogP contribution in [0.4, 0.5) is 15.6 Å². The van der Waals surface area contributed by atoms with Crippen molar-refractivity contribution in [2.45, 2.75) is 19.4 Å². The van der Waals surface area contributed by atoms with Crippen LogP contribution in [0.15, 0.2) is 24.3 Å². The maximum absolute atomic E-state index is 11.8. The second-order valence-electron chi connectivity index (χ2n) is 4.57. The van der Waals surface area contributed by atoms with Crippen LogP contribution in [-0.4, -0.2) is 28.9 Å². The van der Waals surface area contributed by atoms with Crippen LogP contribution in [0.2, 0.25) is 0 Å². The highest BCUT2D eigenvalue weighted by Gasteiger charge is 2.30. The second kappa shape index (κ2) is 5.50. The molecule has 1 aromatic carbocycles. The molecular weight excluding hydrogens is 288 g/mol. The van der Waals surface area contributed by atoms with Crippen LogP contribution in [0.3, 0.4) is 0 Å². The SMILES string of the molecule is [C-]#[N+]c1nnc(-c2ccc(N3CC(CC)OC3=O)cc2)s1. The molecule has 0 spiro atoms. The summed E-state index contributed by atoms with van der Waals surface area (Å²) in [5.41, 5.74) is 1.68. The normalized spacial score (nSPS) is 17.6. The second-order valence-corrected chi connectivity index (χ2v) is 5.53. The number of carbonyl (C=O) groups excluding carboxylic acids is 1. The van der Waals surface area contributed by atoms with Gasteiger partial charge in [-0.3, -0.25) is 4.90 Å². The van der Waals surface area contributed by atoms with Gasteiger partial charge in [-0.05, 0) is 35.8 Å². The lowest BCUT2D eigenvalue weighted by atomic mass is 10.2. The summed E-state index contributed by atoms with van der Waals surface area (Å²) < 4.78 is 5.24. The molecule has 1 atom stereocenters. The van der Waals surface area contributed by atoms with Crippen LogP contribution in [0, 0.1) is 6.57 Å². The Balaban J connectivity index is 1.81. The Bertz CT molecular complexity index is 705. The number of benzene rings is 1.